The molecule has 0 radical (unpaired) electrons. The Hall–Kier alpha value is -3.47. The van der Waals surface area contributed by atoms with Gasteiger partial charge in [-0.05, 0) is 55.0 Å². The van der Waals surface area contributed by atoms with Gasteiger partial charge in [0.15, 0.2) is 0 Å². The lowest BCUT2D eigenvalue weighted by molar-refractivity contribution is 0.302. The van der Waals surface area contributed by atoms with Gasteiger partial charge in [-0.25, -0.2) is 0 Å². The molecule has 0 aliphatic heterocycles. The first-order valence-corrected chi connectivity index (χ1v) is 11.3. The summed E-state index contributed by atoms with van der Waals surface area (Å²) in [7, 11) is 0. The standard InChI is InChI=1S/C27H31N3O2/c1-2-3-4-5-6-10-19-32-26-18-13-22(27(31)20-26)21-28-23-14-16-25(17-15-23)30-29-24-11-8-7-9-12-24/h7-9,11-18,20-21,31H,2-6,10,19H2,1H3. The van der Waals surface area contributed by atoms with Gasteiger partial charge in [0.25, 0.3) is 0 Å². The maximum Gasteiger partial charge on any atom is 0.128 e. The Labute approximate surface area is 190 Å². The first kappa shape index (κ1) is 23.2. The van der Waals surface area contributed by atoms with E-state index in [9.17, 15) is 5.11 Å². The molecule has 0 unspecified atom stereocenters. The molecule has 166 valence electrons. The molecule has 0 spiro atoms. The van der Waals surface area contributed by atoms with Crippen molar-refractivity contribution in [2.75, 3.05) is 6.61 Å². The summed E-state index contributed by atoms with van der Waals surface area (Å²) in [4.78, 5) is 4.44. The number of rotatable bonds is 12. The zero-order valence-corrected chi connectivity index (χ0v) is 18.7. The van der Waals surface area contributed by atoms with Crippen molar-refractivity contribution in [3.8, 4) is 11.5 Å². The molecule has 0 aromatic heterocycles. The third-order valence-electron chi connectivity index (χ3n) is 5.01. The van der Waals surface area contributed by atoms with Crippen molar-refractivity contribution in [1.29, 1.82) is 0 Å². The predicted octanol–water partition coefficient (Wildman–Crippen LogP) is 8.30. The van der Waals surface area contributed by atoms with Crippen molar-refractivity contribution in [2.45, 2.75) is 45.4 Å². The topological polar surface area (TPSA) is 66.5 Å². The summed E-state index contributed by atoms with van der Waals surface area (Å²) in [5, 5.41) is 18.7. The number of hydrogen-bond acceptors (Lipinski definition) is 5. The van der Waals surface area contributed by atoms with Gasteiger partial charge >= 0.3 is 0 Å². The molecule has 0 saturated carbocycles. The van der Waals surface area contributed by atoms with Crippen LogP contribution in [0, 0.1) is 0 Å². The lowest BCUT2D eigenvalue weighted by Gasteiger charge is -2.07. The molecule has 3 rings (SSSR count). The maximum atomic E-state index is 10.3. The maximum absolute atomic E-state index is 10.3. The van der Waals surface area contributed by atoms with E-state index < -0.39 is 0 Å². The number of nitrogens with zero attached hydrogens (tertiary/aromatic N) is 3. The second-order valence-corrected chi connectivity index (χ2v) is 7.65. The van der Waals surface area contributed by atoms with E-state index in [-0.39, 0.29) is 5.75 Å². The number of benzene rings is 3. The van der Waals surface area contributed by atoms with Crippen LogP contribution in [0.15, 0.2) is 88.0 Å². The first-order chi connectivity index (χ1) is 15.7. The van der Waals surface area contributed by atoms with Gasteiger partial charge in [-0.15, -0.1) is 0 Å². The predicted molar refractivity (Wildman–Crippen MR) is 131 cm³/mol. The molecule has 1 N–H and O–H groups in total. The Morgan fingerprint density at radius 3 is 2.12 bits per heavy atom. The highest BCUT2D eigenvalue weighted by Crippen LogP contribution is 2.25. The third kappa shape index (κ3) is 7.99. The van der Waals surface area contributed by atoms with E-state index in [1.54, 1.807) is 12.3 Å². The summed E-state index contributed by atoms with van der Waals surface area (Å²) in [6.07, 6.45) is 8.99. The largest absolute Gasteiger partial charge is 0.507 e. The van der Waals surface area contributed by atoms with Crippen molar-refractivity contribution in [3.05, 3.63) is 78.4 Å². The van der Waals surface area contributed by atoms with Crippen molar-refractivity contribution in [1.82, 2.24) is 0 Å². The Balaban J connectivity index is 1.48. The minimum atomic E-state index is 0.155. The van der Waals surface area contributed by atoms with Gasteiger partial charge in [0, 0.05) is 17.8 Å². The highest BCUT2D eigenvalue weighted by molar-refractivity contribution is 5.85. The molecule has 5 nitrogen and oxygen atoms in total. The van der Waals surface area contributed by atoms with Crippen molar-refractivity contribution >= 4 is 23.3 Å². The number of aromatic hydroxyl groups is 1. The smallest absolute Gasteiger partial charge is 0.128 e. The summed E-state index contributed by atoms with van der Waals surface area (Å²) in [5.74, 6) is 0.837. The molecule has 0 fully saturated rings. The number of azo groups is 1. The van der Waals surface area contributed by atoms with Crippen molar-refractivity contribution < 1.29 is 9.84 Å². The summed E-state index contributed by atoms with van der Waals surface area (Å²) in [5.41, 5.74) is 2.98. The van der Waals surface area contributed by atoms with Crippen molar-refractivity contribution in [3.63, 3.8) is 0 Å². The molecule has 3 aromatic carbocycles. The Kier molecular flexibility index (Phi) is 9.46. The SMILES string of the molecule is CCCCCCCCOc1ccc(C=Nc2ccc(N=Nc3ccccc3)cc2)c(O)c1. The van der Waals surface area contributed by atoms with E-state index in [2.05, 4.69) is 22.1 Å². The van der Waals surface area contributed by atoms with Crippen LogP contribution in [-0.2, 0) is 0 Å². The van der Waals surface area contributed by atoms with Crippen LogP contribution in [0.5, 0.6) is 11.5 Å². The average Bonchev–Trinajstić information content (AvgIpc) is 2.83. The molecule has 32 heavy (non-hydrogen) atoms. The van der Waals surface area contributed by atoms with E-state index in [0.717, 1.165) is 23.5 Å². The zero-order valence-electron chi connectivity index (χ0n) is 18.7. The second kappa shape index (κ2) is 13.1. The molecule has 3 aromatic rings. The van der Waals surface area contributed by atoms with Crippen LogP contribution in [0.4, 0.5) is 17.1 Å². The Morgan fingerprint density at radius 1 is 0.750 bits per heavy atom. The van der Waals surface area contributed by atoms with Crippen LogP contribution < -0.4 is 4.74 Å². The molecule has 0 amide bonds. The minimum Gasteiger partial charge on any atom is -0.507 e. The Bertz CT molecular complexity index is 999. The number of aliphatic imine (C=N–C) groups is 1. The molecule has 0 bridgehead atoms. The van der Waals surface area contributed by atoms with Gasteiger partial charge in [-0.2, -0.15) is 10.2 Å². The summed E-state index contributed by atoms with van der Waals surface area (Å²) < 4.78 is 5.76. The fourth-order valence-corrected chi connectivity index (χ4v) is 3.15. The van der Waals surface area contributed by atoms with E-state index in [1.165, 1.54) is 32.1 Å². The van der Waals surface area contributed by atoms with Crippen molar-refractivity contribution in [2.24, 2.45) is 15.2 Å². The molecular weight excluding hydrogens is 398 g/mol. The average molecular weight is 430 g/mol. The normalized spacial score (nSPS) is 11.4. The lowest BCUT2D eigenvalue weighted by atomic mass is 10.1. The van der Waals surface area contributed by atoms with Crippen LogP contribution in [0.3, 0.4) is 0 Å². The minimum absolute atomic E-state index is 0.155. The molecule has 5 heteroatoms. The van der Waals surface area contributed by atoms with Crippen LogP contribution in [0.1, 0.15) is 51.0 Å². The highest BCUT2D eigenvalue weighted by Gasteiger charge is 2.02. The fourth-order valence-electron chi connectivity index (χ4n) is 3.15. The van der Waals surface area contributed by atoms with E-state index in [1.807, 2.05) is 66.7 Å². The third-order valence-corrected chi connectivity index (χ3v) is 5.01. The van der Waals surface area contributed by atoms with E-state index in [4.69, 9.17) is 4.74 Å². The number of unbranched alkanes of at least 4 members (excludes halogenated alkanes) is 5. The second-order valence-electron chi connectivity index (χ2n) is 7.65. The number of phenols is 1. The first-order valence-electron chi connectivity index (χ1n) is 11.3. The van der Waals surface area contributed by atoms with Gasteiger partial charge < -0.3 is 9.84 Å². The van der Waals surface area contributed by atoms with E-state index in [0.29, 0.717) is 17.9 Å². The van der Waals surface area contributed by atoms with Gasteiger partial charge in [0.2, 0.25) is 0 Å². The van der Waals surface area contributed by atoms with Crippen LogP contribution >= 0.6 is 0 Å². The number of hydrogen-bond donors (Lipinski definition) is 1. The number of ether oxygens (including phenoxy) is 1. The van der Waals surface area contributed by atoms with Gasteiger partial charge in [-0.3, -0.25) is 4.99 Å². The molecule has 0 aliphatic carbocycles. The monoisotopic (exact) mass is 429 g/mol. The molecule has 0 aliphatic rings. The van der Waals surface area contributed by atoms with Gasteiger partial charge in [-0.1, -0.05) is 57.2 Å². The fraction of sp³-hybridized carbons (Fsp3) is 0.296. The van der Waals surface area contributed by atoms with Gasteiger partial charge in [0.1, 0.15) is 11.5 Å². The molecule has 0 atom stereocenters. The zero-order chi connectivity index (χ0) is 22.4. The van der Waals surface area contributed by atoms with Crippen LogP contribution in [-0.4, -0.2) is 17.9 Å². The highest BCUT2D eigenvalue weighted by atomic mass is 16.5. The van der Waals surface area contributed by atoms with E-state index >= 15 is 0 Å². The number of phenolic OH excluding ortho intramolecular Hbond substituents is 1. The summed E-state index contributed by atoms with van der Waals surface area (Å²) in [6, 6.07) is 22.4. The lowest BCUT2D eigenvalue weighted by Crippen LogP contribution is -1.97. The molecule has 0 saturated heterocycles. The summed E-state index contributed by atoms with van der Waals surface area (Å²) >= 11 is 0. The molecule has 0 heterocycles. The Morgan fingerprint density at radius 2 is 1.41 bits per heavy atom. The van der Waals surface area contributed by atoms with Gasteiger partial charge in [0.05, 0.1) is 23.7 Å². The quantitative estimate of drug-likeness (QED) is 0.179. The summed E-state index contributed by atoms with van der Waals surface area (Å²) in [6.45, 7) is 2.90. The van der Waals surface area contributed by atoms with Crippen LogP contribution in [0.25, 0.3) is 0 Å². The van der Waals surface area contributed by atoms with Crippen LogP contribution in [0.2, 0.25) is 0 Å². The molecular formula is C27H31N3O2.